The van der Waals surface area contributed by atoms with Gasteiger partial charge in [0.1, 0.15) is 0 Å². The van der Waals surface area contributed by atoms with Gasteiger partial charge in [0, 0.05) is 12.0 Å². The van der Waals surface area contributed by atoms with Gasteiger partial charge in [0.25, 0.3) is 0 Å². The second-order valence-corrected chi connectivity index (χ2v) is 5.86. The summed E-state index contributed by atoms with van der Waals surface area (Å²) in [6, 6.07) is 18.5. The Balaban J connectivity index is 1.97. The molecule has 1 unspecified atom stereocenters. The van der Waals surface area contributed by atoms with Gasteiger partial charge in [0.15, 0.2) is 11.5 Å². The first-order valence-electron chi connectivity index (χ1n) is 8.67. The molecule has 2 aromatic rings. The normalized spacial score (nSPS) is 18.6. The first-order chi connectivity index (χ1) is 13.2. The summed E-state index contributed by atoms with van der Waals surface area (Å²) in [5, 5.41) is 8.39. The number of amidine groups is 1. The highest BCUT2D eigenvalue weighted by Gasteiger charge is 2.27. The van der Waals surface area contributed by atoms with Gasteiger partial charge in [0.2, 0.25) is 5.91 Å². The van der Waals surface area contributed by atoms with Crippen LogP contribution in [0.3, 0.4) is 0 Å². The third kappa shape index (κ3) is 4.58. The zero-order valence-electron chi connectivity index (χ0n) is 14.9. The number of ether oxygens (including phenoxy) is 1. The highest BCUT2D eigenvalue weighted by atomic mass is 16.5. The molecule has 1 aliphatic rings. The molecular weight excluding hydrogens is 344 g/mol. The van der Waals surface area contributed by atoms with E-state index in [9.17, 15) is 9.59 Å². The maximum absolute atomic E-state index is 12.3. The molecule has 1 amide bonds. The average molecular weight is 364 g/mol. The molecule has 1 saturated heterocycles. The van der Waals surface area contributed by atoms with Crippen molar-refractivity contribution in [1.82, 2.24) is 10.9 Å². The molecule has 7 nitrogen and oxygen atoms in total. The Morgan fingerprint density at radius 3 is 2.41 bits per heavy atom. The number of esters is 1. The van der Waals surface area contributed by atoms with Crippen molar-refractivity contribution in [3.8, 4) is 0 Å². The molecule has 0 saturated carbocycles. The number of hydrogen-bond donors (Lipinski definition) is 2. The molecular formula is C20H20N4O3. The Bertz CT molecular complexity index is 863. The van der Waals surface area contributed by atoms with E-state index in [0.29, 0.717) is 11.4 Å². The monoisotopic (exact) mass is 364 g/mol. The van der Waals surface area contributed by atoms with E-state index in [1.807, 2.05) is 48.5 Å². The highest BCUT2D eigenvalue weighted by molar-refractivity contribution is 6.43. The minimum Gasteiger partial charge on any atom is -0.461 e. The Morgan fingerprint density at radius 2 is 1.74 bits per heavy atom. The molecule has 1 aliphatic heterocycles. The number of carbonyl (C=O) groups is 2. The number of benzene rings is 2. The minimum absolute atomic E-state index is 0.107. The quantitative estimate of drug-likeness (QED) is 0.483. The Hall–Kier alpha value is -3.48. The third-order valence-corrected chi connectivity index (χ3v) is 4.03. The first kappa shape index (κ1) is 18.3. The maximum atomic E-state index is 12.3. The Kier molecular flexibility index (Phi) is 5.94. The van der Waals surface area contributed by atoms with Crippen molar-refractivity contribution in [2.45, 2.75) is 19.3 Å². The van der Waals surface area contributed by atoms with Gasteiger partial charge >= 0.3 is 5.97 Å². The minimum atomic E-state index is -0.552. The fourth-order valence-electron chi connectivity index (χ4n) is 2.73. The molecule has 0 aliphatic carbocycles. The summed E-state index contributed by atoms with van der Waals surface area (Å²) in [5.41, 5.74) is 6.98. The lowest BCUT2D eigenvalue weighted by atomic mass is 9.93. The van der Waals surface area contributed by atoms with Crippen LogP contribution in [0, 0.1) is 0 Å². The van der Waals surface area contributed by atoms with E-state index >= 15 is 0 Å². The van der Waals surface area contributed by atoms with Crippen molar-refractivity contribution in [3.05, 3.63) is 71.8 Å². The zero-order valence-corrected chi connectivity index (χ0v) is 14.9. The molecule has 1 fully saturated rings. The fourth-order valence-corrected chi connectivity index (χ4v) is 2.73. The van der Waals surface area contributed by atoms with Gasteiger partial charge in [0.05, 0.1) is 12.5 Å². The molecule has 2 aromatic carbocycles. The lowest BCUT2D eigenvalue weighted by molar-refractivity contribution is -0.135. The summed E-state index contributed by atoms with van der Waals surface area (Å²) in [6.07, 6.45) is 0.242. The van der Waals surface area contributed by atoms with Crippen molar-refractivity contribution >= 4 is 23.4 Å². The van der Waals surface area contributed by atoms with Gasteiger partial charge in [-0.2, -0.15) is 0 Å². The first-order valence-corrected chi connectivity index (χ1v) is 8.67. The maximum Gasteiger partial charge on any atom is 0.359 e. The van der Waals surface area contributed by atoms with Crippen molar-refractivity contribution in [2.75, 3.05) is 6.61 Å². The summed E-state index contributed by atoms with van der Waals surface area (Å²) in [5.74, 6) is -0.508. The molecule has 3 rings (SSSR count). The van der Waals surface area contributed by atoms with E-state index in [1.165, 1.54) is 0 Å². The number of hydrogen-bond acceptors (Lipinski definition) is 5. The summed E-state index contributed by atoms with van der Waals surface area (Å²) in [6.45, 7) is 1.97. The SMILES string of the molecule is CCOC(=O)/C(=N/N=C1\NNC(=O)CC1c1ccccc1)c1ccccc1. The number of amides is 1. The molecule has 0 spiro atoms. The molecule has 0 bridgehead atoms. The van der Waals surface area contributed by atoms with E-state index in [-0.39, 0.29) is 30.6 Å². The summed E-state index contributed by atoms with van der Waals surface area (Å²) in [7, 11) is 0. The number of nitrogens with one attached hydrogen (secondary N) is 2. The summed E-state index contributed by atoms with van der Waals surface area (Å²) < 4.78 is 5.10. The van der Waals surface area contributed by atoms with Crippen molar-refractivity contribution in [2.24, 2.45) is 10.2 Å². The molecule has 2 N–H and O–H groups in total. The van der Waals surface area contributed by atoms with Crippen LogP contribution >= 0.6 is 0 Å². The smallest absolute Gasteiger partial charge is 0.359 e. The van der Waals surface area contributed by atoms with E-state index in [2.05, 4.69) is 21.1 Å². The number of rotatable bonds is 5. The van der Waals surface area contributed by atoms with E-state index in [1.54, 1.807) is 19.1 Å². The van der Waals surface area contributed by atoms with Crippen LogP contribution in [0.5, 0.6) is 0 Å². The number of nitrogens with zero attached hydrogens (tertiary/aromatic N) is 2. The van der Waals surface area contributed by atoms with Crippen LogP contribution in [-0.4, -0.2) is 30.0 Å². The molecule has 138 valence electrons. The van der Waals surface area contributed by atoms with Crippen molar-refractivity contribution < 1.29 is 14.3 Å². The van der Waals surface area contributed by atoms with Gasteiger partial charge in [-0.05, 0) is 12.5 Å². The predicted octanol–water partition coefficient (Wildman–Crippen LogP) is 2.16. The summed E-state index contributed by atoms with van der Waals surface area (Å²) >= 11 is 0. The van der Waals surface area contributed by atoms with Gasteiger partial charge in [-0.3, -0.25) is 15.6 Å². The van der Waals surface area contributed by atoms with Crippen LogP contribution in [0.1, 0.15) is 30.4 Å². The predicted molar refractivity (Wildman–Crippen MR) is 102 cm³/mol. The fraction of sp³-hybridized carbons (Fsp3) is 0.200. The second-order valence-electron chi connectivity index (χ2n) is 5.86. The molecule has 0 aromatic heterocycles. The van der Waals surface area contributed by atoms with Crippen molar-refractivity contribution in [1.29, 1.82) is 0 Å². The topological polar surface area (TPSA) is 92.2 Å². The van der Waals surface area contributed by atoms with Gasteiger partial charge in [-0.25, -0.2) is 4.79 Å². The van der Waals surface area contributed by atoms with Crippen LogP contribution < -0.4 is 10.9 Å². The average Bonchev–Trinajstić information content (AvgIpc) is 2.71. The molecule has 1 heterocycles. The number of carbonyl (C=O) groups excluding carboxylic acids is 2. The van der Waals surface area contributed by atoms with Crippen LogP contribution in [0.4, 0.5) is 0 Å². The number of hydrazine groups is 1. The van der Waals surface area contributed by atoms with E-state index in [4.69, 9.17) is 4.74 Å². The lowest BCUT2D eigenvalue weighted by Crippen LogP contribution is -2.50. The van der Waals surface area contributed by atoms with E-state index < -0.39 is 5.97 Å². The second kappa shape index (κ2) is 8.75. The van der Waals surface area contributed by atoms with Gasteiger partial charge < -0.3 is 4.74 Å². The van der Waals surface area contributed by atoms with Crippen LogP contribution in [0.25, 0.3) is 0 Å². The van der Waals surface area contributed by atoms with Gasteiger partial charge in [-0.15, -0.1) is 10.2 Å². The van der Waals surface area contributed by atoms with Gasteiger partial charge in [-0.1, -0.05) is 60.7 Å². The molecule has 7 heteroatoms. The molecule has 1 atom stereocenters. The van der Waals surface area contributed by atoms with Crippen LogP contribution in [-0.2, 0) is 14.3 Å². The lowest BCUT2D eigenvalue weighted by Gasteiger charge is -2.25. The molecule has 0 radical (unpaired) electrons. The zero-order chi connectivity index (χ0) is 19.1. The Morgan fingerprint density at radius 1 is 1.07 bits per heavy atom. The standard InChI is InChI=1S/C20H20N4O3/c1-2-27-20(26)18(15-11-7-4-8-12-15)22-24-19-16(13-17(25)21-23-19)14-9-5-3-6-10-14/h3-12,16H,2,13H2,1H3,(H,21,25)(H,23,24)/b22-18+. The highest BCUT2D eigenvalue weighted by Crippen LogP contribution is 2.22. The van der Waals surface area contributed by atoms with E-state index in [0.717, 1.165) is 5.56 Å². The van der Waals surface area contributed by atoms with Crippen LogP contribution in [0.15, 0.2) is 70.9 Å². The largest absolute Gasteiger partial charge is 0.461 e. The summed E-state index contributed by atoms with van der Waals surface area (Å²) in [4.78, 5) is 24.1. The van der Waals surface area contributed by atoms with Crippen LogP contribution in [0.2, 0.25) is 0 Å². The molecule has 27 heavy (non-hydrogen) atoms. The Labute approximate surface area is 157 Å². The third-order valence-electron chi connectivity index (χ3n) is 4.03. The van der Waals surface area contributed by atoms with Crippen molar-refractivity contribution in [3.63, 3.8) is 0 Å².